The van der Waals surface area contributed by atoms with Gasteiger partial charge in [0.2, 0.25) is 0 Å². The highest BCUT2D eigenvalue weighted by atomic mass is 16.1. The maximum Gasteiger partial charge on any atom is 0.124 e. The third kappa shape index (κ3) is 2.00. The SMILES string of the molecule is CC(C)C1=NCC(CC=O)=C1. The van der Waals surface area contributed by atoms with Crippen molar-refractivity contribution in [3.63, 3.8) is 0 Å². The number of allylic oxidation sites excluding steroid dienone is 1. The Morgan fingerprint density at radius 1 is 1.73 bits per heavy atom. The Bertz CT molecular complexity index is 214. The van der Waals surface area contributed by atoms with E-state index in [1.807, 2.05) is 6.08 Å². The average molecular weight is 151 g/mol. The van der Waals surface area contributed by atoms with Crippen LogP contribution in [-0.4, -0.2) is 18.5 Å². The van der Waals surface area contributed by atoms with E-state index in [-0.39, 0.29) is 0 Å². The van der Waals surface area contributed by atoms with Crippen LogP contribution in [0.15, 0.2) is 16.6 Å². The maximum atomic E-state index is 10.1. The second-order valence-corrected chi connectivity index (χ2v) is 3.07. The van der Waals surface area contributed by atoms with Crippen molar-refractivity contribution < 1.29 is 4.79 Å². The lowest BCUT2D eigenvalue weighted by atomic mass is 10.1. The quantitative estimate of drug-likeness (QED) is 0.563. The summed E-state index contributed by atoms with van der Waals surface area (Å²) >= 11 is 0. The van der Waals surface area contributed by atoms with Gasteiger partial charge in [-0.3, -0.25) is 4.99 Å². The van der Waals surface area contributed by atoms with Crippen LogP contribution in [0.5, 0.6) is 0 Å². The molecule has 0 aromatic rings. The summed E-state index contributed by atoms with van der Waals surface area (Å²) in [7, 11) is 0. The summed E-state index contributed by atoms with van der Waals surface area (Å²) in [4.78, 5) is 14.4. The Hall–Kier alpha value is -0.920. The molecule has 0 aliphatic carbocycles. The molecule has 11 heavy (non-hydrogen) atoms. The second kappa shape index (κ2) is 3.46. The van der Waals surface area contributed by atoms with Crippen molar-refractivity contribution in [3.8, 4) is 0 Å². The van der Waals surface area contributed by atoms with Crippen molar-refractivity contribution in [1.29, 1.82) is 0 Å². The molecule has 1 aliphatic heterocycles. The number of hydrogen-bond acceptors (Lipinski definition) is 2. The van der Waals surface area contributed by atoms with Crippen LogP contribution < -0.4 is 0 Å². The lowest BCUT2D eigenvalue weighted by Crippen LogP contribution is -2.00. The standard InChI is InChI=1S/C9H13NO/c1-7(2)9-5-8(3-4-11)6-10-9/h4-5,7H,3,6H2,1-2H3. The molecule has 0 fully saturated rings. The summed E-state index contributed by atoms with van der Waals surface area (Å²) in [6, 6.07) is 0. The van der Waals surface area contributed by atoms with Crippen molar-refractivity contribution in [2.45, 2.75) is 20.3 Å². The lowest BCUT2D eigenvalue weighted by Gasteiger charge is -1.98. The highest BCUT2D eigenvalue weighted by Gasteiger charge is 2.09. The van der Waals surface area contributed by atoms with Gasteiger partial charge in [0.1, 0.15) is 6.29 Å². The van der Waals surface area contributed by atoms with E-state index >= 15 is 0 Å². The van der Waals surface area contributed by atoms with E-state index in [2.05, 4.69) is 18.8 Å². The summed E-state index contributed by atoms with van der Waals surface area (Å²) in [5.74, 6) is 0.485. The van der Waals surface area contributed by atoms with Crippen molar-refractivity contribution in [3.05, 3.63) is 11.6 Å². The Morgan fingerprint density at radius 2 is 2.45 bits per heavy atom. The molecule has 1 rings (SSSR count). The summed E-state index contributed by atoms with van der Waals surface area (Å²) < 4.78 is 0. The molecule has 60 valence electrons. The summed E-state index contributed by atoms with van der Waals surface area (Å²) in [5, 5.41) is 0. The second-order valence-electron chi connectivity index (χ2n) is 3.07. The molecule has 2 heteroatoms. The summed E-state index contributed by atoms with van der Waals surface area (Å²) in [6.07, 6.45) is 3.52. The minimum atomic E-state index is 0.485. The van der Waals surface area contributed by atoms with Crippen molar-refractivity contribution in [2.24, 2.45) is 10.9 Å². The maximum absolute atomic E-state index is 10.1. The Kier molecular flexibility index (Phi) is 2.58. The fourth-order valence-electron chi connectivity index (χ4n) is 1.07. The number of carbonyl (C=O) groups is 1. The van der Waals surface area contributed by atoms with Gasteiger partial charge in [-0.1, -0.05) is 13.8 Å². The van der Waals surface area contributed by atoms with E-state index in [4.69, 9.17) is 0 Å². The van der Waals surface area contributed by atoms with Gasteiger partial charge in [0, 0.05) is 12.1 Å². The van der Waals surface area contributed by atoms with Crippen LogP contribution in [0.3, 0.4) is 0 Å². The largest absolute Gasteiger partial charge is 0.303 e. The predicted molar refractivity (Wildman–Crippen MR) is 45.9 cm³/mol. The molecule has 2 nitrogen and oxygen atoms in total. The van der Waals surface area contributed by atoms with Crippen LogP contribution in [-0.2, 0) is 4.79 Å². The molecule has 0 aromatic carbocycles. The van der Waals surface area contributed by atoms with Gasteiger partial charge >= 0.3 is 0 Å². The van der Waals surface area contributed by atoms with Gasteiger partial charge in [-0.05, 0) is 17.6 Å². The van der Waals surface area contributed by atoms with E-state index in [9.17, 15) is 4.79 Å². The highest BCUT2D eigenvalue weighted by Crippen LogP contribution is 2.12. The first-order chi connectivity index (χ1) is 5.24. The first kappa shape index (κ1) is 8.18. The normalized spacial score (nSPS) is 16.6. The smallest absolute Gasteiger partial charge is 0.124 e. The summed E-state index contributed by atoms with van der Waals surface area (Å²) in [5.41, 5.74) is 2.27. The molecular weight excluding hydrogens is 138 g/mol. The van der Waals surface area contributed by atoms with Gasteiger partial charge in [0.25, 0.3) is 0 Å². The van der Waals surface area contributed by atoms with E-state index in [0.717, 1.165) is 24.1 Å². The molecule has 0 saturated carbocycles. The highest BCUT2D eigenvalue weighted by molar-refractivity contribution is 5.99. The Labute approximate surface area is 67.0 Å². The van der Waals surface area contributed by atoms with E-state index in [0.29, 0.717) is 12.3 Å². The third-order valence-electron chi connectivity index (χ3n) is 1.75. The van der Waals surface area contributed by atoms with Gasteiger partial charge in [0.05, 0.1) is 6.54 Å². The van der Waals surface area contributed by atoms with Gasteiger partial charge < -0.3 is 4.79 Å². The van der Waals surface area contributed by atoms with Crippen LogP contribution >= 0.6 is 0 Å². The molecule has 1 heterocycles. The van der Waals surface area contributed by atoms with Crippen LogP contribution in [0.4, 0.5) is 0 Å². The van der Waals surface area contributed by atoms with Crippen LogP contribution in [0.2, 0.25) is 0 Å². The van der Waals surface area contributed by atoms with E-state index in [1.54, 1.807) is 0 Å². The predicted octanol–water partition coefficient (Wildman–Crippen LogP) is 1.61. The molecule has 0 atom stereocenters. The first-order valence-electron chi connectivity index (χ1n) is 3.91. The van der Waals surface area contributed by atoms with Crippen LogP contribution in [0.1, 0.15) is 20.3 Å². The van der Waals surface area contributed by atoms with Gasteiger partial charge in [-0.15, -0.1) is 0 Å². The number of carbonyl (C=O) groups excluding carboxylic acids is 1. The molecule has 0 bridgehead atoms. The number of aliphatic imine (C=N–C) groups is 1. The molecule has 0 unspecified atom stereocenters. The van der Waals surface area contributed by atoms with Gasteiger partial charge in [0.15, 0.2) is 0 Å². The zero-order valence-corrected chi connectivity index (χ0v) is 7.00. The van der Waals surface area contributed by atoms with Crippen molar-refractivity contribution in [2.75, 3.05) is 6.54 Å². The minimum absolute atomic E-state index is 0.485. The number of rotatable bonds is 3. The number of hydrogen-bond donors (Lipinski definition) is 0. The monoisotopic (exact) mass is 151 g/mol. The Morgan fingerprint density at radius 3 is 2.91 bits per heavy atom. The fraction of sp³-hybridized carbons (Fsp3) is 0.556. The Balaban J connectivity index is 2.55. The molecule has 0 spiro atoms. The van der Waals surface area contributed by atoms with Crippen LogP contribution in [0.25, 0.3) is 0 Å². The molecule has 0 saturated heterocycles. The molecule has 0 aromatic heterocycles. The third-order valence-corrected chi connectivity index (χ3v) is 1.75. The molecule has 0 amide bonds. The molecule has 0 radical (unpaired) electrons. The molecule has 0 N–H and O–H groups in total. The fourth-order valence-corrected chi connectivity index (χ4v) is 1.07. The van der Waals surface area contributed by atoms with Crippen molar-refractivity contribution in [1.82, 2.24) is 0 Å². The average Bonchev–Trinajstić information content (AvgIpc) is 2.37. The summed E-state index contributed by atoms with van der Waals surface area (Å²) in [6.45, 7) is 4.95. The van der Waals surface area contributed by atoms with E-state index in [1.165, 1.54) is 0 Å². The minimum Gasteiger partial charge on any atom is -0.303 e. The molecule has 1 aliphatic rings. The van der Waals surface area contributed by atoms with Gasteiger partial charge in [-0.25, -0.2) is 0 Å². The number of aldehydes is 1. The molecular formula is C9H13NO. The lowest BCUT2D eigenvalue weighted by molar-refractivity contribution is -0.107. The number of nitrogens with zero attached hydrogens (tertiary/aromatic N) is 1. The first-order valence-corrected chi connectivity index (χ1v) is 3.91. The zero-order chi connectivity index (χ0) is 8.27. The van der Waals surface area contributed by atoms with Crippen molar-refractivity contribution >= 4 is 12.0 Å². The van der Waals surface area contributed by atoms with E-state index < -0.39 is 0 Å². The topological polar surface area (TPSA) is 29.4 Å². The van der Waals surface area contributed by atoms with Gasteiger partial charge in [-0.2, -0.15) is 0 Å². The van der Waals surface area contributed by atoms with Crippen LogP contribution in [0, 0.1) is 5.92 Å². The zero-order valence-electron chi connectivity index (χ0n) is 7.00.